The number of amides is 1. The van der Waals surface area contributed by atoms with E-state index in [2.05, 4.69) is 27.6 Å². The van der Waals surface area contributed by atoms with Gasteiger partial charge in [0.1, 0.15) is 12.7 Å². The minimum atomic E-state index is -0.0698. The van der Waals surface area contributed by atoms with Gasteiger partial charge >= 0.3 is 0 Å². The highest BCUT2D eigenvalue weighted by Gasteiger charge is 2.05. The van der Waals surface area contributed by atoms with Crippen molar-refractivity contribution in [2.75, 3.05) is 17.6 Å². The number of thioether (sulfide) groups is 1. The molecule has 146 valence electrons. The Hall–Kier alpha value is -2.35. The Labute approximate surface area is 164 Å². The summed E-state index contributed by atoms with van der Waals surface area (Å²) in [5.41, 5.74) is 2.07. The third-order valence-electron chi connectivity index (χ3n) is 4.01. The molecule has 1 heterocycles. The Morgan fingerprint density at radius 1 is 1.19 bits per heavy atom. The van der Waals surface area contributed by atoms with E-state index in [1.807, 2.05) is 24.3 Å². The second-order valence-corrected chi connectivity index (χ2v) is 7.56. The predicted molar refractivity (Wildman–Crippen MR) is 109 cm³/mol. The van der Waals surface area contributed by atoms with Crippen LogP contribution < -0.4 is 10.6 Å². The van der Waals surface area contributed by atoms with Crippen LogP contribution in [0.3, 0.4) is 0 Å². The number of anilines is 1. The van der Waals surface area contributed by atoms with Gasteiger partial charge in [-0.3, -0.25) is 9.59 Å². The van der Waals surface area contributed by atoms with E-state index >= 15 is 0 Å². The first-order chi connectivity index (χ1) is 13.0. The van der Waals surface area contributed by atoms with Gasteiger partial charge in [0, 0.05) is 25.2 Å². The van der Waals surface area contributed by atoms with Crippen LogP contribution >= 0.6 is 11.8 Å². The van der Waals surface area contributed by atoms with E-state index in [0.29, 0.717) is 12.6 Å². The van der Waals surface area contributed by atoms with Gasteiger partial charge in [0.15, 0.2) is 5.12 Å². The fourth-order valence-corrected chi connectivity index (χ4v) is 3.04. The quantitative estimate of drug-likeness (QED) is 0.574. The third kappa shape index (κ3) is 8.25. The van der Waals surface area contributed by atoms with Crippen LogP contribution in [0.1, 0.15) is 39.5 Å². The topological polar surface area (TPSA) is 88.9 Å². The molecule has 0 bridgehead atoms. The normalized spacial score (nSPS) is 11.8. The van der Waals surface area contributed by atoms with Crippen LogP contribution in [0, 0.1) is 0 Å². The second kappa shape index (κ2) is 11.4. The molecule has 0 aliphatic heterocycles. The zero-order valence-corrected chi connectivity index (χ0v) is 16.7. The van der Waals surface area contributed by atoms with Crippen molar-refractivity contribution in [1.29, 1.82) is 0 Å². The molecule has 1 atom stereocenters. The molecule has 2 N–H and O–H groups in total. The fraction of sp³-hybridized carbons (Fsp3) is 0.474. The fourth-order valence-electron chi connectivity index (χ4n) is 2.61. The highest BCUT2D eigenvalue weighted by molar-refractivity contribution is 8.14. The molecule has 7 nitrogen and oxygen atoms in total. The maximum absolute atomic E-state index is 11.5. The van der Waals surface area contributed by atoms with Crippen molar-refractivity contribution in [2.45, 2.75) is 45.6 Å². The molecule has 0 aliphatic rings. The van der Waals surface area contributed by atoms with E-state index < -0.39 is 0 Å². The van der Waals surface area contributed by atoms with Crippen LogP contribution in [0.4, 0.5) is 5.69 Å². The van der Waals surface area contributed by atoms with Crippen LogP contribution in [0.2, 0.25) is 0 Å². The maximum Gasteiger partial charge on any atom is 0.230 e. The summed E-state index contributed by atoms with van der Waals surface area (Å²) in [6.07, 6.45) is 7.38. The van der Waals surface area contributed by atoms with Gasteiger partial charge in [-0.05, 0) is 44.0 Å². The van der Waals surface area contributed by atoms with Gasteiger partial charge in [-0.2, -0.15) is 5.10 Å². The van der Waals surface area contributed by atoms with E-state index in [4.69, 9.17) is 0 Å². The Kier molecular flexibility index (Phi) is 8.83. The highest BCUT2D eigenvalue weighted by atomic mass is 32.2. The largest absolute Gasteiger partial charge is 0.383 e. The van der Waals surface area contributed by atoms with E-state index in [0.717, 1.165) is 48.8 Å². The summed E-state index contributed by atoms with van der Waals surface area (Å²) < 4.78 is 1.73. The van der Waals surface area contributed by atoms with Crippen LogP contribution in [-0.4, -0.2) is 44.1 Å². The van der Waals surface area contributed by atoms with Crippen molar-refractivity contribution < 1.29 is 9.59 Å². The molecule has 1 aromatic heterocycles. The molecular weight excluding hydrogens is 362 g/mol. The molecule has 27 heavy (non-hydrogen) atoms. The van der Waals surface area contributed by atoms with E-state index in [1.165, 1.54) is 13.3 Å². The summed E-state index contributed by atoms with van der Waals surface area (Å²) in [5.74, 6) is 0.144. The lowest BCUT2D eigenvalue weighted by Gasteiger charge is -2.15. The zero-order valence-electron chi connectivity index (χ0n) is 15.9. The number of carbonyl (C=O) groups is 2. The average molecular weight is 390 g/mol. The molecule has 1 unspecified atom stereocenters. The van der Waals surface area contributed by atoms with Gasteiger partial charge in [0.2, 0.25) is 5.91 Å². The lowest BCUT2D eigenvalue weighted by molar-refractivity contribution is -0.118. The number of nitrogens with zero attached hydrogens (tertiary/aromatic N) is 3. The molecular formula is C19H27N5O2S. The SMILES string of the molecule is CC(=O)SCC(=O)NCCCCCC(C)Nc1ccc(-n2cncn2)cc1. The molecule has 1 amide bonds. The molecule has 0 fully saturated rings. The first-order valence-corrected chi connectivity index (χ1v) is 10.1. The number of carbonyl (C=O) groups excluding carboxylic acids is 2. The minimum Gasteiger partial charge on any atom is -0.383 e. The first-order valence-electron chi connectivity index (χ1n) is 9.16. The van der Waals surface area contributed by atoms with Crippen LogP contribution in [0.25, 0.3) is 5.69 Å². The van der Waals surface area contributed by atoms with Gasteiger partial charge in [0.05, 0.1) is 11.4 Å². The number of aromatic nitrogens is 3. The van der Waals surface area contributed by atoms with Crippen molar-refractivity contribution in [3.63, 3.8) is 0 Å². The summed E-state index contributed by atoms with van der Waals surface area (Å²) in [6, 6.07) is 8.49. The van der Waals surface area contributed by atoms with Gasteiger partial charge < -0.3 is 10.6 Å². The first kappa shape index (κ1) is 21.0. The van der Waals surface area contributed by atoms with Crippen molar-refractivity contribution in [3.05, 3.63) is 36.9 Å². The molecule has 0 aliphatic carbocycles. The molecule has 8 heteroatoms. The van der Waals surface area contributed by atoms with Crippen LogP contribution in [-0.2, 0) is 9.59 Å². The highest BCUT2D eigenvalue weighted by Crippen LogP contribution is 2.15. The van der Waals surface area contributed by atoms with Gasteiger partial charge in [-0.25, -0.2) is 9.67 Å². The number of hydrogen-bond donors (Lipinski definition) is 2. The molecule has 2 aromatic rings. The maximum atomic E-state index is 11.5. The van der Waals surface area contributed by atoms with Gasteiger partial charge in [0.25, 0.3) is 0 Å². The molecule has 0 saturated heterocycles. The Balaban J connectivity index is 1.56. The van der Waals surface area contributed by atoms with Gasteiger partial charge in [-0.15, -0.1) is 0 Å². The molecule has 2 rings (SSSR count). The summed E-state index contributed by atoms with van der Waals surface area (Å²) in [7, 11) is 0. The lowest BCUT2D eigenvalue weighted by Crippen LogP contribution is -2.26. The molecule has 1 aromatic carbocycles. The van der Waals surface area contributed by atoms with Gasteiger partial charge in [-0.1, -0.05) is 24.6 Å². The molecule has 0 radical (unpaired) electrons. The summed E-state index contributed by atoms with van der Waals surface area (Å²) in [6.45, 7) is 4.31. The van der Waals surface area contributed by atoms with Crippen LogP contribution in [0.15, 0.2) is 36.9 Å². The standard InChI is InChI=1S/C19H27N5O2S/c1-15(6-4-3-5-11-21-19(26)12-27-16(2)25)23-17-7-9-18(10-8-17)24-14-20-13-22-24/h7-10,13-15,23H,3-6,11-12H2,1-2H3,(H,21,26). The summed E-state index contributed by atoms with van der Waals surface area (Å²) in [4.78, 5) is 26.2. The van der Waals surface area contributed by atoms with Crippen molar-refractivity contribution >= 4 is 28.5 Å². The predicted octanol–water partition coefficient (Wildman–Crippen LogP) is 3.02. The molecule has 0 saturated carbocycles. The second-order valence-electron chi connectivity index (χ2n) is 6.41. The lowest BCUT2D eigenvalue weighted by atomic mass is 10.1. The average Bonchev–Trinajstić information content (AvgIpc) is 3.18. The Bertz CT molecular complexity index is 703. The van der Waals surface area contributed by atoms with E-state index in [1.54, 1.807) is 11.0 Å². The number of unbranched alkanes of at least 4 members (excludes halogenated alkanes) is 2. The Morgan fingerprint density at radius 2 is 1.96 bits per heavy atom. The summed E-state index contributed by atoms with van der Waals surface area (Å²) in [5, 5.41) is 10.4. The van der Waals surface area contributed by atoms with Crippen molar-refractivity contribution in [2.24, 2.45) is 0 Å². The minimum absolute atomic E-state index is 0.0281. The number of nitrogens with one attached hydrogen (secondary N) is 2. The number of hydrogen-bond acceptors (Lipinski definition) is 6. The third-order valence-corrected chi connectivity index (χ3v) is 4.82. The smallest absolute Gasteiger partial charge is 0.230 e. The Morgan fingerprint density at radius 3 is 2.63 bits per heavy atom. The van der Waals surface area contributed by atoms with Crippen LogP contribution in [0.5, 0.6) is 0 Å². The monoisotopic (exact) mass is 389 g/mol. The zero-order chi connectivity index (χ0) is 19.5. The van der Waals surface area contributed by atoms with Crippen molar-refractivity contribution in [1.82, 2.24) is 20.1 Å². The van der Waals surface area contributed by atoms with E-state index in [-0.39, 0.29) is 16.8 Å². The number of benzene rings is 1. The number of rotatable bonds is 11. The van der Waals surface area contributed by atoms with E-state index in [9.17, 15) is 9.59 Å². The summed E-state index contributed by atoms with van der Waals surface area (Å²) >= 11 is 1.05. The molecule has 0 spiro atoms. The van der Waals surface area contributed by atoms with Crippen molar-refractivity contribution in [3.8, 4) is 5.69 Å².